The first-order valence-corrected chi connectivity index (χ1v) is 10.5. The normalized spacial score (nSPS) is 11.1. The fourth-order valence-electron chi connectivity index (χ4n) is 2.79. The molecule has 12 nitrogen and oxygen atoms in total. The summed E-state index contributed by atoms with van der Waals surface area (Å²) >= 11 is 0. The number of nitro groups is 2. The van der Waals surface area contributed by atoms with E-state index in [4.69, 9.17) is 4.18 Å². The van der Waals surface area contributed by atoms with Gasteiger partial charge >= 0.3 is 21.7 Å². The zero-order valence-corrected chi connectivity index (χ0v) is 17.9. The molecule has 0 aliphatic heterocycles. The van der Waals surface area contributed by atoms with Crippen molar-refractivity contribution in [2.45, 2.75) is 25.7 Å². The standard InChI is InChI=1S/C19H17N5O7S/c1-11-7-9-14(10-8-11)32(29,30)31-19-17(24(27)28)18(20-13(3)21-19)22-16-12(2)5-4-6-15(16)23(25)26/h4-10H,1-3H3,(H,20,21,22). The van der Waals surface area contributed by atoms with Gasteiger partial charge in [-0.3, -0.25) is 20.2 Å². The van der Waals surface area contributed by atoms with Crippen LogP contribution in [-0.4, -0.2) is 28.2 Å². The number of nitrogens with zero attached hydrogens (tertiary/aromatic N) is 4. The van der Waals surface area contributed by atoms with Crippen LogP contribution in [0.5, 0.6) is 5.88 Å². The molecular formula is C19H17N5O7S. The lowest BCUT2D eigenvalue weighted by atomic mass is 10.1. The highest BCUT2D eigenvalue weighted by Gasteiger charge is 2.31. The third-order valence-electron chi connectivity index (χ3n) is 4.34. The van der Waals surface area contributed by atoms with Gasteiger partial charge in [-0.05, 0) is 38.5 Å². The molecule has 0 radical (unpaired) electrons. The number of hydrogen-bond acceptors (Lipinski definition) is 10. The molecule has 0 fully saturated rings. The maximum atomic E-state index is 12.7. The average molecular weight is 459 g/mol. The second-order valence-corrected chi connectivity index (χ2v) is 8.28. The highest BCUT2D eigenvalue weighted by atomic mass is 32.2. The number of aryl methyl sites for hydroxylation is 3. The average Bonchev–Trinajstić information content (AvgIpc) is 2.68. The van der Waals surface area contributed by atoms with Gasteiger partial charge in [0.25, 0.3) is 5.69 Å². The molecule has 166 valence electrons. The topological polar surface area (TPSA) is 167 Å². The fraction of sp³-hybridized carbons (Fsp3) is 0.158. The Labute approximate surface area is 182 Å². The van der Waals surface area contributed by atoms with Gasteiger partial charge in [-0.2, -0.15) is 13.4 Å². The molecule has 0 saturated heterocycles. The van der Waals surface area contributed by atoms with Crippen molar-refractivity contribution < 1.29 is 22.4 Å². The lowest BCUT2D eigenvalue weighted by Crippen LogP contribution is -2.14. The summed E-state index contributed by atoms with van der Waals surface area (Å²) in [6.45, 7) is 4.69. The smallest absolute Gasteiger partial charge is 0.350 e. The van der Waals surface area contributed by atoms with Crippen molar-refractivity contribution in [3.8, 4) is 5.88 Å². The van der Waals surface area contributed by atoms with Gasteiger partial charge in [0.05, 0.1) is 9.85 Å². The minimum atomic E-state index is -4.45. The van der Waals surface area contributed by atoms with Crippen LogP contribution < -0.4 is 9.50 Å². The van der Waals surface area contributed by atoms with Crippen LogP contribution in [0.2, 0.25) is 0 Å². The minimum Gasteiger partial charge on any atom is -0.350 e. The van der Waals surface area contributed by atoms with Gasteiger partial charge in [0, 0.05) is 6.07 Å². The Morgan fingerprint density at radius 1 is 0.938 bits per heavy atom. The predicted octanol–water partition coefficient (Wildman–Crippen LogP) is 3.73. The molecule has 0 spiro atoms. The number of hydrogen-bond donors (Lipinski definition) is 1. The maximum Gasteiger partial charge on any atom is 0.374 e. The Kier molecular flexibility index (Phi) is 6.02. The molecule has 0 aliphatic rings. The summed E-state index contributed by atoms with van der Waals surface area (Å²) in [4.78, 5) is 29.1. The van der Waals surface area contributed by atoms with E-state index in [-0.39, 0.29) is 22.1 Å². The maximum absolute atomic E-state index is 12.7. The van der Waals surface area contributed by atoms with Crippen LogP contribution in [0.25, 0.3) is 0 Å². The quantitative estimate of drug-likeness (QED) is 0.312. The molecule has 1 N–H and O–H groups in total. The lowest BCUT2D eigenvalue weighted by molar-refractivity contribution is -0.385. The van der Waals surface area contributed by atoms with E-state index < -0.39 is 37.3 Å². The lowest BCUT2D eigenvalue weighted by Gasteiger charge is -2.12. The van der Waals surface area contributed by atoms with Gasteiger partial charge in [0.1, 0.15) is 16.4 Å². The van der Waals surface area contributed by atoms with E-state index in [9.17, 15) is 28.6 Å². The Morgan fingerprint density at radius 3 is 2.19 bits per heavy atom. The molecule has 3 rings (SSSR count). The molecule has 1 heterocycles. The van der Waals surface area contributed by atoms with Crippen LogP contribution in [-0.2, 0) is 10.1 Å². The third kappa shape index (κ3) is 4.62. The van der Waals surface area contributed by atoms with E-state index >= 15 is 0 Å². The number of nitrogens with one attached hydrogen (secondary N) is 1. The summed E-state index contributed by atoms with van der Waals surface area (Å²) in [6.07, 6.45) is 0. The second-order valence-electron chi connectivity index (χ2n) is 6.73. The summed E-state index contributed by atoms with van der Waals surface area (Å²) in [5, 5.41) is 25.7. The zero-order valence-electron chi connectivity index (χ0n) is 17.1. The van der Waals surface area contributed by atoms with Gasteiger partial charge in [0.2, 0.25) is 5.82 Å². The molecule has 0 unspecified atom stereocenters. The molecule has 32 heavy (non-hydrogen) atoms. The van der Waals surface area contributed by atoms with Crippen LogP contribution in [0, 0.1) is 41.0 Å². The monoisotopic (exact) mass is 459 g/mol. The number of para-hydroxylation sites is 1. The molecule has 0 amide bonds. The van der Waals surface area contributed by atoms with Gasteiger partial charge in [-0.1, -0.05) is 29.8 Å². The van der Waals surface area contributed by atoms with Crippen LogP contribution >= 0.6 is 0 Å². The van der Waals surface area contributed by atoms with Gasteiger partial charge in [-0.25, -0.2) is 4.98 Å². The van der Waals surface area contributed by atoms with Crippen molar-refractivity contribution in [1.29, 1.82) is 0 Å². The first-order chi connectivity index (χ1) is 15.0. The highest BCUT2D eigenvalue weighted by molar-refractivity contribution is 7.87. The van der Waals surface area contributed by atoms with Gasteiger partial charge < -0.3 is 9.50 Å². The van der Waals surface area contributed by atoms with Crippen molar-refractivity contribution in [1.82, 2.24) is 9.97 Å². The van der Waals surface area contributed by atoms with Crippen molar-refractivity contribution >= 4 is 33.0 Å². The Morgan fingerprint density at radius 2 is 1.59 bits per heavy atom. The molecule has 3 aromatic rings. The van der Waals surface area contributed by atoms with E-state index in [2.05, 4.69) is 15.3 Å². The Bertz CT molecular complexity index is 1320. The van der Waals surface area contributed by atoms with Crippen LogP contribution in [0.3, 0.4) is 0 Å². The van der Waals surface area contributed by atoms with Gasteiger partial charge in [0.15, 0.2) is 0 Å². The summed E-state index contributed by atoms with van der Waals surface area (Å²) in [5.74, 6) is -1.32. The molecule has 2 aromatic carbocycles. The molecule has 0 atom stereocenters. The summed E-state index contributed by atoms with van der Waals surface area (Å²) < 4.78 is 30.3. The number of anilines is 2. The van der Waals surface area contributed by atoms with Crippen molar-refractivity contribution in [2.24, 2.45) is 0 Å². The minimum absolute atomic E-state index is 0.0361. The third-order valence-corrected chi connectivity index (χ3v) is 5.56. The number of nitro benzene ring substituents is 1. The highest BCUT2D eigenvalue weighted by Crippen LogP contribution is 2.38. The number of rotatable bonds is 7. The first-order valence-electron chi connectivity index (χ1n) is 9.05. The molecule has 0 aliphatic carbocycles. The Balaban J connectivity index is 2.12. The number of aromatic nitrogens is 2. The van der Waals surface area contributed by atoms with E-state index in [0.29, 0.717) is 5.56 Å². The fourth-order valence-corrected chi connectivity index (χ4v) is 3.68. The molecule has 0 bridgehead atoms. The van der Waals surface area contributed by atoms with Crippen LogP contribution in [0.4, 0.5) is 22.9 Å². The second kappa shape index (κ2) is 8.55. The molecule has 1 aromatic heterocycles. The Hall–Kier alpha value is -4.13. The van der Waals surface area contributed by atoms with E-state index in [1.807, 2.05) is 0 Å². The predicted molar refractivity (Wildman–Crippen MR) is 114 cm³/mol. The van der Waals surface area contributed by atoms with Crippen molar-refractivity contribution in [3.63, 3.8) is 0 Å². The molecular weight excluding hydrogens is 442 g/mol. The first kappa shape index (κ1) is 22.6. The largest absolute Gasteiger partial charge is 0.374 e. The molecule has 0 saturated carbocycles. The number of benzene rings is 2. The van der Waals surface area contributed by atoms with Crippen molar-refractivity contribution in [2.75, 3.05) is 5.32 Å². The zero-order chi connectivity index (χ0) is 23.6. The van der Waals surface area contributed by atoms with E-state index in [1.54, 1.807) is 32.0 Å². The van der Waals surface area contributed by atoms with Crippen LogP contribution in [0.15, 0.2) is 47.4 Å². The SMILES string of the molecule is Cc1ccc(S(=O)(=O)Oc2nc(C)nc(Nc3c(C)cccc3[N+](=O)[O-])c2[N+](=O)[O-])cc1. The summed E-state index contributed by atoms with van der Waals surface area (Å²) in [5.41, 5.74) is -0.0428. The van der Waals surface area contributed by atoms with Crippen molar-refractivity contribution in [3.05, 3.63) is 79.6 Å². The van der Waals surface area contributed by atoms with Gasteiger partial charge in [-0.15, -0.1) is 0 Å². The summed E-state index contributed by atoms with van der Waals surface area (Å²) in [6, 6.07) is 9.91. The van der Waals surface area contributed by atoms with E-state index in [1.165, 1.54) is 31.2 Å². The van der Waals surface area contributed by atoms with Crippen LogP contribution in [0.1, 0.15) is 17.0 Å². The molecule has 13 heteroatoms. The van der Waals surface area contributed by atoms with E-state index in [0.717, 1.165) is 5.56 Å². The summed E-state index contributed by atoms with van der Waals surface area (Å²) in [7, 11) is -4.45.